The van der Waals surface area contributed by atoms with Gasteiger partial charge < -0.3 is 5.32 Å². The van der Waals surface area contributed by atoms with E-state index in [0.717, 1.165) is 5.56 Å². The zero-order valence-electron chi connectivity index (χ0n) is 16.5. The Labute approximate surface area is 166 Å². The molecule has 2 aromatic rings. The Morgan fingerprint density at radius 2 is 1.75 bits per heavy atom. The Morgan fingerprint density at radius 3 is 2.32 bits per heavy atom. The Morgan fingerprint density at radius 1 is 1.11 bits per heavy atom. The Kier molecular flexibility index (Phi) is 7.29. The first-order valence-electron chi connectivity index (χ1n) is 8.90. The minimum Gasteiger partial charge on any atom is -0.325 e. The number of hydrogen-bond donors (Lipinski definition) is 1. The topological polar surface area (TPSA) is 69.7 Å². The van der Waals surface area contributed by atoms with Crippen molar-refractivity contribution in [1.29, 1.82) is 0 Å². The van der Waals surface area contributed by atoms with Crippen LogP contribution in [0.4, 0.5) is 10.1 Å². The number of likely N-dealkylation sites (N-methyl/N-ethyl adjacent to an activating group) is 1. The predicted octanol–water partition coefficient (Wildman–Crippen LogP) is 2.93. The van der Waals surface area contributed by atoms with Crippen LogP contribution in [0.2, 0.25) is 0 Å². The summed E-state index contributed by atoms with van der Waals surface area (Å²) in [6.45, 7) is 4.15. The molecule has 0 bridgehead atoms. The largest absolute Gasteiger partial charge is 0.325 e. The van der Waals surface area contributed by atoms with Gasteiger partial charge in [0.1, 0.15) is 5.82 Å². The van der Waals surface area contributed by atoms with Gasteiger partial charge in [-0.25, -0.2) is 12.8 Å². The van der Waals surface area contributed by atoms with Gasteiger partial charge >= 0.3 is 0 Å². The van der Waals surface area contributed by atoms with E-state index in [1.54, 1.807) is 50.1 Å². The normalized spacial score (nSPS) is 12.0. The fourth-order valence-corrected chi connectivity index (χ4v) is 3.97. The fraction of sp³-hybridized carbons (Fsp3) is 0.350. The number of carbonyl (C=O) groups is 1. The van der Waals surface area contributed by atoms with E-state index in [2.05, 4.69) is 5.32 Å². The van der Waals surface area contributed by atoms with Crippen LogP contribution < -0.4 is 5.32 Å². The number of halogens is 1. The molecule has 28 heavy (non-hydrogen) atoms. The number of anilines is 1. The Hall–Kier alpha value is -2.29. The van der Waals surface area contributed by atoms with E-state index in [0.29, 0.717) is 12.2 Å². The monoisotopic (exact) mass is 407 g/mol. The van der Waals surface area contributed by atoms with Crippen LogP contribution in [0.3, 0.4) is 0 Å². The van der Waals surface area contributed by atoms with Crippen LogP contribution in [0.5, 0.6) is 0 Å². The number of carbonyl (C=O) groups excluding carboxylic acids is 1. The van der Waals surface area contributed by atoms with Crippen LogP contribution in [0, 0.1) is 5.82 Å². The van der Waals surface area contributed by atoms with Crippen LogP contribution in [0.1, 0.15) is 19.4 Å². The third kappa shape index (κ3) is 5.85. The molecule has 6 nitrogen and oxygen atoms in total. The summed E-state index contributed by atoms with van der Waals surface area (Å²) in [5.41, 5.74) is 1.29. The second kappa shape index (κ2) is 9.27. The van der Waals surface area contributed by atoms with Gasteiger partial charge in [0.15, 0.2) is 0 Å². The molecular formula is C20H26FN3O3S. The summed E-state index contributed by atoms with van der Waals surface area (Å²) in [4.78, 5) is 14.1. The van der Waals surface area contributed by atoms with Crippen molar-refractivity contribution < 1.29 is 17.6 Å². The van der Waals surface area contributed by atoms with Crippen molar-refractivity contribution in [1.82, 2.24) is 9.21 Å². The van der Waals surface area contributed by atoms with Crippen molar-refractivity contribution in [2.45, 2.75) is 31.3 Å². The molecule has 1 N–H and O–H groups in total. The van der Waals surface area contributed by atoms with Crippen molar-refractivity contribution in [3.63, 3.8) is 0 Å². The Bertz CT molecular complexity index is 915. The van der Waals surface area contributed by atoms with Crippen LogP contribution in [-0.2, 0) is 21.4 Å². The molecule has 0 fully saturated rings. The lowest BCUT2D eigenvalue weighted by atomic mass is 10.2. The molecule has 0 aliphatic rings. The van der Waals surface area contributed by atoms with Gasteiger partial charge in [-0.15, -0.1) is 0 Å². The maximum absolute atomic E-state index is 13.2. The van der Waals surface area contributed by atoms with Crippen LogP contribution in [0.15, 0.2) is 53.4 Å². The van der Waals surface area contributed by atoms with Gasteiger partial charge in [0.2, 0.25) is 15.9 Å². The summed E-state index contributed by atoms with van der Waals surface area (Å²) in [5, 5.41) is 2.74. The minimum absolute atomic E-state index is 0.118. The third-order valence-electron chi connectivity index (χ3n) is 4.30. The molecule has 0 spiro atoms. The molecule has 8 heteroatoms. The van der Waals surface area contributed by atoms with Crippen LogP contribution in [0.25, 0.3) is 0 Å². The van der Waals surface area contributed by atoms with Gasteiger partial charge in [-0.2, -0.15) is 4.31 Å². The van der Waals surface area contributed by atoms with Crippen LogP contribution in [-0.4, -0.2) is 50.2 Å². The molecule has 0 aliphatic heterocycles. The van der Waals surface area contributed by atoms with E-state index in [4.69, 9.17) is 0 Å². The van der Waals surface area contributed by atoms with Crippen molar-refractivity contribution in [2.24, 2.45) is 0 Å². The first kappa shape index (κ1) is 22.0. The lowest BCUT2D eigenvalue weighted by Crippen LogP contribution is -2.33. The summed E-state index contributed by atoms with van der Waals surface area (Å²) in [6.07, 6.45) is 0. The molecule has 0 unspecified atom stereocenters. The van der Waals surface area contributed by atoms with E-state index in [1.165, 1.54) is 35.6 Å². The molecule has 2 aromatic carbocycles. The summed E-state index contributed by atoms with van der Waals surface area (Å²) in [5.74, 6) is -0.553. The maximum Gasteiger partial charge on any atom is 0.243 e. The highest BCUT2D eigenvalue weighted by atomic mass is 32.2. The smallest absolute Gasteiger partial charge is 0.243 e. The average molecular weight is 408 g/mol. The highest BCUT2D eigenvalue weighted by Crippen LogP contribution is 2.19. The fourth-order valence-electron chi connectivity index (χ4n) is 2.60. The lowest BCUT2D eigenvalue weighted by Gasteiger charge is -2.21. The lowest BCUT2D eigenvalue weighted by molar-refractivity contribution is -0.117. The van der Waals surface area contributed by atoms with Gasteiger partial charge in [-0.1, -0.05) is 12.1 Å². The second-order valence-corrected chi connectivity index (χ2v) is 8.99. The number of benzene rings is 2. The predicted molar refractivity (Wildman–Crippen MR) is 108 cm³/mol. The van der Waals surface area contributed by atoms with E-state index in [9.17, 15) is 17.6 Å². The summed E-state index contributed by atoms with van der Waals surface area (Å²) < 4.78 is 39.4. The molecule has 2 rings (SSSR count). The zero-order valence-corrected chi connectivity index (χ0v) is 17.3. The van der Waals surface area contributed by atoms with Crippen LogP contribution >= 0.6 is 0 Å². The highest BCUT2D eigenvalue weighted by Gasteiger charge is 2.22. The number of rotatable bonds is 8. The van der Waals surface area contributed by atoms with E-state index in [1.807, 2.05) is 0 Å². The van der Waals surface area contributed by atoms with Gasteiger partial charge in [0, 0.05) is 25.3 Å². The number of nitrogens with one attached hydrogen (secondary N) is 1. The highest BCUT2D eigenvalue weighted by molar-refractivity contribution is 7.89. The van der Waals surface area contributed by atoms with Gasteiger partial charge in [0.05, 0.1) is 11.4 Å². The quantitative estimate of drug-likeness (QED) is 0.731. The molecule has 0 atom stereocenters. The van der Waals surface area contributed by atoms with Gasteiger partial charge in [0.25, 0.3) is 0 Å². The van der Waals surface area contributed by atoms with E-state index in [-0.39, 0.29) is 29.2 Å². The third-order valence-corrected chi connectivity index (χ3v) is 6.35. The first-order chi connectivity index (χ1) is 13.1. The molecule has 0 saturated carbocycles. The molecule has 0 radical (unpaired) electrons. The maximum atomic E-state index is 13.2. The molecule has 0 heterocycles. The zero-order chi connectivity index (χ0) is 20.9. The van der Waals surface area contributed by atoms with Crippen molar-refractivity contribution >= 4 is 21.6 Å². The number of hydrogen-bond acceptors (Lipinski definition) is 4. The summed E-state index contributed by atoms with van der Waals surface area (Å²) in [7, 11) is -0.261. The SMILES string of the molecule is CC(C)N(C)S(=O)(=O)c1ccc(NC(=O)CN(C)Cc2cccc(F)c2)cc1. The molecule has 152 valence electrons. The van der Waals surface area contributed by atoms with Gasteiger partial charge in [-0.3, -0.25) is 9.69 Å². The molecule has 0 aromatic heterocycles. The summed E-state index contributed by atoms with van der Waals surface area (Å²) in [6, 6.07) is 12.1. The van der Waals surface area contributed by atoms with Crippen molar-refractivity contribution in [3.05, 3.63) is 59.9 Å². The van der Waals surface area contributed by atoms with E-state index < -0.39 is 10.0 Å². The standard InChI is InChI=1S/C20H26FN3O3S/c1-15(2)24(4)28(26,27)19-10-8-18(9-11-19)22-20(25)14-23(3)13-16-6-5-7-17(21)12-16/h5-12,15H,13-14H2,1-4H3,(H,22,25). The Balaban J connectivity index is 1.95. The van der Waals surface area contributed by atoms with Crippen molar-refractivity contribution in [3.8, 4) is 0 Å². The number of sulfonamides is 1. The summed E-state index contributed by atoms with van der Waals surface area (Å²) >= 11 is 0. The molecule has 0 saturated heterocycles. The molecular weight excluding hydrogens is 381 g/mol. The van der Waals surface area contributed by atoms with Gasteiger partial charge in [-0.05, 0) is 62.9 Å². The first-order valence-corrected chi connectivity index (χ1v) is 10.3. The molecule has 0 aliphatic carbocycles. The number of nitrogens with zero attached hydrogens (tertiary/aromatic N) is 2. The van der Waals surface area contributed by atoms with Crippen molar-refractivity contribution in [2.75, 3.05) is 26.0 Å². The number of amides is 1. The average Bonchev–Trinajstić information content (AvgIpc) is 2.61. The minimum atomic E-state index is -3.56. The second-order valence-electron chi connectivity index (χ2n) is 6.99. The molecule has 1 amide bonds. The van der Waals surface area contributed by atoms with E-state index >= 15 is 0 Å².